The third-order valence-corrected chi connectivity index (χ3v) is 2.83. The summed E-state index contributed by atoms with van der Waals surface area (Å²) in [6, 6.07) is 4.12. The highest BCUT2D eigenvalue weighted by molar-refractivity contribution is 6.00. The van der Waals surface area contributed by atoms with Gasteiger partial charge < -0.3 is 15.8 Å². The Balaban J connectivity index is 2.97. The monoisotopic (exact) mass is 281 g/mol. The summed E-state index contributed by atoms with van der Waals surface area (Å²) in [5.41, 5.74) is 5.14. The summed E-state index contributed by atoms with van der Waals surface area (Å²) in [6.07, 6.45) is 1.60. The molecule has 0 fully saturated rings. The van der Waals surface area contributed by atoms with Gasteiger partial charge in [-0.15, -0.1) is 0 Å². The molecule has 1 atom stereocenters. The van der Waals surface area contributed by atoms with Crippen LogP contribution in [0, 0.1) is 10.1 Å². The highest BCUT2D eigenvalue weighted by Gasteiger charge is 2.24. The zero-order valence-electron chi connectivity index (χ0n) is 11.6. The lowest BCUT2D eigenvalue weighted by Crippen LogP contribution is -2.38. The van der Waals surface area contributed by atoms with Crippen molar-refractivity contribution in [2.24, 2.45) is 0 Å². The van der Waals surface area contributed by atoms with Crippen molar-refractivity contribution in [1.82, 2.24) is 5.32 Å². The van der Waals surface area contributed by atoms with Crippen molar-refractivity contribution in [2.45, 2.75) is 25.8 Å². The fraction of sp³-hybridized carbons (Fsp3) is 0.462. The lowest BCUT2D eigenvalue weighted by atomic mass is 10.1. The lowest BCUT2D eigenvalue weighted by Gasteiger charge is -2.17. The molecule has 1 aromatic carbocycles. The van der Waals surface area contributed by atoms with E-state index in [0.717, 1.165) is 12.8 Å². The topological polar surface area (TPSA) is 107 Å². The predicted molar refractivity (Wildman–Crippen MR) is 75.5 cm³/mol. The van der Waals surface area contributed by atoms with Crippen LogP contribution < -0.4 is 11.1 Å². The summed E-state index contributed by atoms with van der Waals surface area (Å²) in [5, 5.41) is 13.7. The molecule has 0 aliphatic rings. The van der Waals surface area contributed by atoms with Gasteiger partial charge in [0, 0.05) is 7.11 Å². The zero-order valence-corrected chi connectivity index (χ0v) is 11.6. The number of nitrogens with two attached hydrogens (primary N) is 1. The molecule has 0 aliphatic carbocycles. The molecule has 0 aromatic heterocycles. The van der Waals surface area contributed by atoms with E-state index in [0.29, 0.717) is 6.61 Å². The minimum atomic E-state index is -0.643. The summed E-state index contributed by atoms with van der Waals surface area (Å²) in [4.78, 5) is 22.5. The number of hydrogen-bond donors (Lipinski definition) is 2. The van der Waals surface area contributed by atoms with E-state index in [1.165, 1.54) is 25.3 Å². The molecule has 0 spiro atoms. The Bertz CT molecular complexity index is 485. The molecular weight excluding hydrogens is 262 g/mol. The molecule has 110 valence electrons. The number of nitrogens with one attached hydrogen (secondary N) is 1. The normalized spacial score (nSPS) is 11.9. The standard InChI is InChI=1S/C13H19N3O4/c1-3-5-9(8-20-2)15-13(17)10-6-4-7-11(14)12(10)16(18)19/h4,6-7,9H,3,5,8,14H2,1-2H3,(H,15,17). The third-order valence-electron chi connectivity index (χ3n) is 2.83. The molecule has 1 amide bonds. The van der Waals surface area contributed by atoms with Gasteiger partial charge in [-0.25, -0.2) is 0 Å². The first-order valence-corrected chi connectivity index (χ1v) is 6.33. The van der Waals surface area contributed by atoms with Crippen molar-refractivity contribution in [3.8, 4) is 0 Å². The quantitative estimate of drug-likeness (QED) is 0.449. The first-order valence-electron chi connectivity index (χ1n) is 6.33. The number of nitrogens with zero attached hydrogens (tertiary/aromatic N) is 1. The number of hydrogen-bond acceptors (Lipinski definition) is 5. The van der Waals surface area contributed by atoms with Gasteiger partial charge in [0.1, 0.15) is 11.3 Å². The van der Waals surface area contributed by atoms with Crippen molar-refractivity contribution >= 4 is 17.3 Å². The Hall–Kier alpha value is -2.15. The average molecular weight is 281 g/mol. The molecule has 0 heterocycles. The van der Waals surface area contributed by atoms with Crippen LogP contribution in [0.5, 0.6) is 0 Å². The van der Waals surface area contributed by atoms with Gasteiger partial charge in [0.15, 0.2) is 0 Å². The van der Waals surface area contributed by atoms with E-state index in [2.05, 4.69) is 5.32 Å². The van der Waals surface area contributed by atoms with Gasteiger partial charge >= 0.3 is 5.69 Å². The lowest BCUT2D eigenvalue weighted by molar-refractivity contribution is -0.384. The minimum absolute atomic E-state index is 0.0265. The Labute approximate surface area is 117 Å². The van der Waals surface area contributed by atoms with E-state index >= 15 is 0 Å². The SMILES string of the molecule is CCCC(COC)NC(=O)c1cccc(N)c1[N+](=O)[O-]. The number of anilines is 1. The van der Waals surface area contributed by atoms with Gasteiger partial charge in [-0.05, 0) is 18.6 Å². The van der Waals surface area contributed by atoms with Crippen molar-refractivity contribution in [3.05, 3.63) is 33.9 Å². The van der Waals surface area contributed by atoms with Gasteiger partial charge in [-0.1, -0.05) is 19.4 Å². The van der Waals surface area contributed by atoms with Gasteiger partial charge in [-0.3, -0.25) is 14.9 Å². The molecule has 0 radical (unpaired) electrons. The number of para-hydroxylation sites is 1. The number of carbonyl (C=O) groups excluding carboxylic acids is 1. The molecule has 0 aliphatic heterocycles. The molecular formula is C13H19N3O4. The number of benzene rings is 1. The average Bonchev–Trinajstić information content (AvgIpc) is 2.38. The van der Waals surface area contributed by atoms with Crippen LogP contribution in [-0.2, 0) is 4.74 Å². The number of methoxy groups -OCH3 is 1. The van der Waals surface area contributed by atoms with Crippen LogP contribution in [-0.4, -0.2) is 30.6 Å². The van der Waals surface area contributed by atoms with Gasteiger partial charge in [-0.2, -0.15) is 0 Å². The molecule has 1 rings (SSSR count). The molecule has 0 saturated heterocycles. The van der Waals surface area contributed by atoms with Gasteiger partial charge in [0.2, 0.25) is 0 Å². The number of nitro groups is 1. The third kappa shape index (κ3) is 3.92. The molecule has 3 N–H and O–H groups in total. The number of amides is 1. The molecule has 20 heavy (non-hydrogen) atoms. The van der Waals surface area contributed by atoms with E-state index in [4.69, 9.17) is 10.5 Å². The fourth-order valence-electron chi connectivity index (χ4n) is 1.96. The van der Waals surface area contributed by atoms with Crippen LogP contribution in [0.2, 0.25) is 0 Å². The van der Waals surface area contributed by atoms with Crippen molar-refractivity contribution in [3.63, 3.8) is 0 Å². The molecule has 7 heteroatoms. The van der Waals surface area contributed by atoms with Crippen LogP contribution >= 0.6 is 0 Å². The largest absolute Gasteiger partial charge is 0.393 e. The summed E-state index contributed by atoms with van der Waals surface area (Å²) < 4.78 is 5.02. The maximum Gasteiger partial charge on any atom is 0.304 e. The molecule has 0 saturated carbocycles. The van der Waals surface area contributed by atoms with Gasteiger partial charge in [0.25, 0.3) is 5.91 Å². The number of nitrogen functional groups attached to an aromatic ring is 1. The second-order valence-corrected chi connectivity index (χ2v) is 4.41. The maximum atomic E-state index is 12.2. The maximum absolute atomic E-state index is 12.2. The van der Waals surface area contributed by atoms with Crippen molar-refractivity contribution in [1.29, 1.82) is 0 Å². The Morgan fingerprint density at radius 3 is 2.80 bits per heavy atom. The summed E-state index contributed by atoms with van der Waals surface area (Å²) in [5.74, 6) is -0.514. The molecule has 1 unspecified atom stereocenters. The number of ether oxygens (including phenoxy) is 1. The summed E-state index contributed by atoms with van der Waals surface area (Å²) in [6.45, 7) is 2.34. The number of nitro benzene ring substituents is 1. The predicted octanol–water partition coefficient (Wildman–Crippen LogP) is 1.72. The summed E-state index contributed by atoms with van der Waals surface area (Å²) in [7, 11) is 1.54. The smallest absolute Gasteiger partial charge is 0.304 e. The highest BCUT2D eigenvalue weighted by atomic mass is 16.6. The van der Waals surface area contributed by atoms with Gasteiger partial charge in [0.05, 0.1) is 17.6 Å². The van der Waals surface area contributed by atoms with E-state index in [9.17, 15) is 14.9 Å². The second kappa shape index (κ2) is 7.44. The molecule has 0 bridgehead atoms. The fourth-order valence-corrected chi connectivity index (χ4v) is 1.96. The molecule has 1 aromatic rings. The van der Waals surface area contributed by atoms with E-state index in [1.807, 2.05) is 6.92 Å². The highest BCUT2D eigenvalue weighted by Crippen LogP contribution is 2.25. The number of carbonyl (C=O) groups is 1. The second-order valence-electron chi connectivity index (χ2n) is 4.41. The van der Waals surface area contributed by atoms with Crippen LogP contribution in [0.15, 0.2) is 18.2 Å². The first-order chi connectivity index (χ1) is 9.51. The Morgan fingerprint density at radius 1 is 1.55 bits per heavy atom. The van der Waals surface area contributed by atoms with Crippen LogP contribution in [0.3, 0.4) is 0 Å². The minimum Gasteiger partial charge on any atom is -0.393 e. The zero-order chi connectivity index (χ0) is 15.1. The first kappa shape index (κ1) is 15.9. The van der Waals surface area contributed by atoms with Crippen molar-refractivity contribution in [2.75, 3.05) is 19.5 Å². The Kier molecular flexibility index (Phi) is 5.92. The van der Waals surface area contributed by atoms with Crippen LogP contribution in [0.1, 0.15) is 30.1 Å². The van der Waals surface area contributed by atoms with E-state index in [1.54, 1.807) is 0 Å². The Morgan fingerprint density at radius 2 is 2.25 bits per heavy atom. The van der Waals surface area contributed by atoms with Crippen LogP contribution in [0.25, 0.3) is 0 Å². The molecule has 7 nitrogen and oxygen atoms in total. The van der Waals surface area contributed by atoms with Crippen molar-refractivity contribution < 1.29 is 14.5 Å². The summed E-state index contributed by atoms with van der Waals surface area (Å²) >= 11 is 0. The van der Waals surface area contributed by atoms with E-state index < -0.39 is 10.8 Å². The van der Waals surface area contributed by atoms with Crippen LogP contribution in [0.4, 0.5) is 11.4 Å². The van der Waals surface area contributed by atoms with E-state index in [-0.39, 0.29) is 23.0 Å². The number of rotatable bonds is 7.